The molecule has 0 aliphatic heterocycles. The quantitative estimate of drug-likeness (QED) is 0.726. The first-order chi connectivity index (χ1) is 9.28. The van der Waals surface area contributed by atoms with E-state index in [0.29, 0.717) is 6.61 Å². The van der Waals surface area contributed by atoms with E-state index in [4.69, 9.17) is 4.74 Å². The van der Waals surface area contributed by atoms with Gasteiger partial charge in [0.1, 0.15) is 5.75 Å². The van der Waals surface area contributed by atoms with Gasteiger partial charge in [0.25, 0.3) is 0 Å². The van der Waals surface area contributed by atoms with Gasteiger partial charge in [-0.3, -0.25) is 0 Å². The molecule has 0 amide bonds. The molecule has 1 N–H and O–H groups in total. The molecule has 0 bridgehead atoms. The molecule has 0 spiro atoms. The van der Waals surface area contributed by atoms with Crippen LogP contribution in [0.1, 0.15) is 12.5 Å². The number of aryl methyl sites for hydroxylation is 1. The SMILES string of the molecule is CCOc1cccc(-c2ccc3c(C)c[nH]c3c2)c1. The van der Waals surface area contributed by atoms with E-state index in [1.165, 1.54) is 27.6 Å². The average Bonchev–Trinajstić information content (AvgIpc) is 2.81. The van der Waals surface area contributed by atoms with Crippen molar-refractivity contribution < 1.29 is 4.74 Å². The third kappa shape index (κ3) is 2.22. The molecule has 0 unspecified atom stereocenters. The van der Waals surface area contributed by atoms with Crippen molar-refractivity contribution in [2.75, 3.05) is 6.61 Å². The first-order valence-electron chi connectivity index (χ1n) is 6.59. The Hall–Kier alpha value is -2.22. The van der Waals surface area contributed by atoms with E-state index in [2.05, 4.69) is 42.2 Å². The van der Waals surface area contributed by atoms with Gasteiger partial charge in [-0.25, -0.2) is 0 Å². The molecular formula is C17H17NO. The third-order valence-electron chi connectivity index (χ3n) is 3.37. The van der Waals surface area contributed by atoms with E-state index < -0.39 is 0 Å². The summed E-state index contributed by atoms with van der Waals surface area (Å²) in [6.07, 6.45) is 2.05. The molecule has 0 saturated carbocycles. The number of H-pyrrole nitrogens is 1. The van der Waals surface area contributed by atoms with Crippen LogP contribution in [0.3, 0.4) is 0 Å². The summed E-state index contributed by atoms with van der Waals surface area (Å²) >= 11 is 0. The summed E-state index contributed by atoms with van der Waals surface area (Å²) in [5, 5.41) is 1.28. The van der Waals surface area contributed by atoms with Crippen molar-refractivity contribution in [1.29, 1.82) is 0 Å². The Balaban J connectivity index is 2.05. The Morgan fingerprint density at radius 3 is 2.74 bits per heavy atom. The molecule has 2 nitrogen and oxygen atoms in total. The molecule has 0 saturated heterocycles. The summed E-state index contributed by atoms with van der Waals surface area (Å²) in [5.74, 6) is 0.919. The standard InChI is InChI=1S/C17H17NO/c1-3-19-15-6-4-5-13(9-15)14-7-8-16-12(2)11-18-17(16)10-14/h4-11,18H,3H2,1-2H3. The minimum Gasteiger partial charge on any atom is -0.494 e. The topological polar surface area (TPSA) is 25.0 Å². The van der Waals surface area contributed by atoms with Crippen LogP contribution in [0.25, 0.3) is 22.0 Å². The molecule has 0 aliphatic rings. The van der Waals surface area contributed by atoms with E-state index in [-0.39, 0.29) is 0 Å². The molecular weight excluding hydrogens is 234 g/mol. The Morgan fingerprint density at radius 1 is 1.05 bits per heavy atom. The van der Waals surface area contributed by atoms with Crippen LogP contribution in [-0.2, 0) is 0 Å². The molecule has 3 rings (SSSR count). The van der Waals surface area contributed by atoms with Crippen LogP contribution in [0.4, 0.5) is 0 Å². The van der Waals surface area contributed by atoms with Crippen LogP contribution < -0.4 is 4.74 Å². The smallest absolute Gasteiger partial charge is 0.119 e. The zero-order chi connectivity index (χ0) is 13.2. The molecule has 96 valence electrons. The second kappa shape index (κ2) is 4.81. The fourth-order valence-electron chi connectivity index (χ4n) is 2.38. The highest BCUT2D eigenvalue weighted by atomic mass is 16.5. The highest BCUT2D eigenvalue weighted by Gasteiger charge is 2.04. The number of hydrogen-bond donors (Lipinski definition) is 1. The van der Waals surface area contributed by atoms with Crippen molar-refractivity contribution in [2.24, 2.45) is 0 Å². The van der Waals surface area contributed by atoms with Gasteiger partial charge in [0.05, 0.1) is 6.61 Å². The minimum absolute atomic E-state index is 0.693. The van der Waals surface area contributed by atoms with E-state index >= 15 is 0 Å². The molecule has 0 aliphatic carbocycles. The van der Waals surface area contributed by atoms with Crippen LogP contribution in [-0.4, -0.2) is 11.6 Å². The highest BCUT2D eigenvalue weighted by Crippen LogP contribution is 2.27. The Morgan fingerprint density at radius 2 is 1.89 bits per heavy atom. The van der Waals surface area contributed by atoms with Crippen molar-refractivity contribution in [3.8, 4) is 16.9 Å². The van der Waals surface area contributed by atoms with E-state index in [0.717, 1.165) is 5.75 Å². The van der Waals surface area contributed by atoms with Gasteiger partial charge in [-0.2, -0.15) is 0 Å². The third-order valence-corrected chi connectivity index (χ3v) is 3.37. The lowest BCUT2D eigenvalue weighted by Crippen LogP contribution is -1.91. The fraction of sp³-hybridized carbons (Fsp3) is 0.176. The van der Waals surface area contributed by atoms with Crippen molar-refractivity contribution in [3.63, 3.8) is 0 Å². The first kappa shape index (κ1) is 11.8. The summed E-state index contributed by atoms with van der Waals surface area (Å²) in [5.41, 5.74) is 4.84. The number of rotatable bonds is 3. The van der Waals surface area contributed by atoms with E-state index in [9.17, 15) is 0 Å². The van der Waals surface area contributed by atoms with Crippen LogP contribution in [0, 0.1) is 6.92 Å². The van der Waals surface area contributed by atoms with Gasteiger partial charge in [0.15, 0.2) is 0 Å². The molecule has 19 heavy (non-hydrogen) atoms. The van der Waals surface area contributed by atoms with Gasteiger partial charge in [0, 0.05) is 17.1 Å². The lowest BCUT2D eigenvalue weighted by Gasteiger charge is -2.06. The van der Waals surface area contributed by atoms with Crippen molar-refractivity contribution >= 4 is 10.9 Å². The monoisotopic (exact) mass is 251 g/mol. The van der Waals surface area contributed by atoms with Crippen LogP contribution in [0.5, 0.6) is 5.75 Å². The van der Waals surface area contributed by atoms with Crippen molar-refractivity contribution in [1.82, 2.24) is 4.98 Å². The summed E-state index contributed by atoms with van der Waals surface area (Å²) in [4.78, 5) is 3.31. The lowest BCUT2D eigenvalue weighted by molar-refractivity contribution is 0.340. The van der Waals surface area contributed by atoms with Crippen LogP contribution >= 0.6 is 0 Å². The van der Waals surface area contributed by atoms with Gasteiger partial charge >= 0.3 is 0 Å². The number of aromatic nitrogens is 1. The maximum Gasteiger partial charge on any atom is 0.119 e. The zero-order valence-corrected chi connectivity index (χ0v) is 11.2. The average molecular weight is 251 g/mol. The summed E-state index contributed by atoms with van der Waals surface area (Å²) in [6, 6.07) is 14.7. The number of aromatic amines is 1. The van der Waals surface area contributed by atoms with Crippen LogP contribution in [0.15, 0.2) is 48.7 Å². The Bertz CT molecular complexity index is 712. The number of hydrogen-bond acceptors (Lipinski definition) is 1. The predicted octanol–water partition coefficient (Wildman–Crippen LogP) is 4.54. The molecule has 3 aromatic rings. The van der Waals surface area contributed by atoms with Crippen molar-refractivity contribution in [3.05, 3.63) is 54.2 Å². The molecule has 0 radical (unpaired) electrons. The normalized spacial score (nSPS) is 10.8. The zero-order valence-electron chi connectivity index (χ0n) is 11.2. The Kier molecular flexibility index (Phi) is 3.00. The second-order valence-corrected chi connectivity index (χ2v) is 4.69. The number of ether oxygens (including phenoxy) is 1. The summed E-state index contributed by atoms with van der Waals surface area (Å²) in [6.45, 7) is 4.81. The van der Waals surface area contributed by atoms with Gasteiger partial charge in [0.2, 0.25) is 0 Å². The Labute approximate surface area is 113 Å². The second-order valence-electron chi connectivity index (χ2n) is 4.69. The molecule has 1 heterocycles. The maximum absolute atomic E-state index is 5.55. The number of benzene rings is 2. The fourth-order valence-corrected chi connectivity index (χ4v) is 2.38. The largest absolute Gasteiger partial charge is 0.494 e. The number of nitrogens with one attached hydrogen (secondary N) is 1. The summed E-state index contributed by atoms with van der Waals surface area (Å²) in [7, 11) is 0. The highest BCUT2D eigenvalue weighted by molar-refractivity contribution is 5.87. The van der Waals surface area contributed by atoms with E-state index in [1.54, 1.807) is 0 Å². The van der Waals surface area contributed by atoms with Crippen LogP contribution in [0.2, 0.25) is 0 Å². The maximum atomic E-state index is 5.55. The summed E-state index contributed by atoms with van der Waals surface area (Å²) < 4.78 is 5.55. The lowest BCUT2D eigenvalue weighted by atomic mass is 10.0. The predicted molar refractivity (Wildman–Crippen MR) is 79.6 cm³/mol. The molecule has 1 aromatic heterocycles. The van der Waals surface area contributed by atoms with Crippen molar-refractivity contribution in [2.45, 2.75) is 13.8 Å². The van der Waals surface area contributed by atoms with Gasteiger partial charge in [-0.05, 0) is 48.7 Å². The number of fused-ring (bicyclic) bond motifs is 1. The minimum atomic E-state index is 0.693. The van der Waals surface area contributed by atoms with E-state index in [1.807, 2.05) is 25.3 Å². The molecule has 0 fully saturated rings. The molecule has 2 heteroatoms. The van der Waals surface area contributed by atoms with Gasteiger partial charge in [-0.15, -0.1) is 0 Å². The molecule has 2 aromatic carbocycles. The molecule has 0 atom stereocenters. The van der Waals surface area contributed by atoms with Gasteiger partial charge < -0.3 is 9.72 Å². The van der Waals surface area contributed by atoms with Gasteiger partial charge in [-0.1, -0.05) is 24.3 Å². The first-order valence-corrected chi connectivity index (χ1v) is 6.59.